The molecule has 2 nitrogen and oxygen atoms in total. The van der Waals surface area contributed by atoms with Crippen LogP contribution in [0.25, 0.3) is 50.7 Å². The van der Waals surface area contributed by atoms with E-state index >= 15 is 0 Å². The molecule has 0 saturated heterocycles. The fourth-order valence-electron chi connectivity index (χ4n) is 4.01. The predicted octanol–water partition coefficient (Wildman–Crippen LogP) is 10.4. The van der Waals surface area contributed by atoms with Crippen molar-refractivity contribution in [3.8, 4) is 44.6 Å². The van der Waals surface area contributed by atoms with Crippen molar-refractivity contribution in [2.45, 2.75) is 40.5 Å². The van der Waals surface area contributed by atoms with Crippen LogP contribution in [0, 0.1) is 35.5 Å². The average molecular weight is 573 g/mol. The van der Waals surface area contributed by atoms with Crippen LogP contribution in [0.2, 0.25) is 0 Å². The van der Waals surface area contributed by atoms with Gasteiger partial charge in [0, 0.05) is 52.5 Å². The minimum Gasteiger partial charge on any atom is -0.172 e. The maximum absolute atomic E-state index is 4.72. The van der Waals surface area contributed by atoms with Crippen LogP contribution in [0.3, 0.4) is 0 Å². The fourth-order valence-corrected chi connectivity index (χ4v) is 9.18. The summed E-state index contributed by atoms with van der Waals surface area (Å²) in [5.74, 6) is 14.5. The lowest BCUT2D eigenvalue weighted by atomic mass is 10.1. The molecular weight excluding hydrogens is 549 g/mol. The Labute approximate surface area is 237 Å². The van der Waals surface area contributed by atoms with Gasteiger partial charge >= 0.3 is 0 Å². The molecule has 0 amide bonds. The van der Waals surface area contributed by atoms with Gasteiger partial charge in [0.25, 0.3) is 0 Å². The first-order valence-corrected chi connectivity index (χ1v) is 16.2. The van der Waals surface area contributed by atoms with Crippen molar-refractivity contribution >= 4 is 86.9 Å². The molecule has 6 aromatic rings. The van der Waals surface area contributed by atoms with Crippen molar-refractivity contribution in [3.63, 3.8) is 0 Å². The quantitative estimate of drug-likeness (QED) is 0.196. The van der Waals surface area contributed by atoms with E-state index in [-0.39, 0.29) is 0 Å². The van der Waals surface area contributed by atoms with E-state index in [1.165, 1.54) is 40.3 Å². The molecule has 0 aliphatic carbocycles. The van der Waals surface area contributed by atoms with Gasteiger partial charge < -0.3 is 0 Å². The second kappa shape index (κ2) is 10.3. The Balaban J connectivity index is 1.31. The maximum atomic E-state index is 4.72. The molecule has 5 heterocycles. The van der Waals surface area contributed by atoms with E-state index in [1.54, 1.807) is 22.7 Å². The third-order valence-electron chi connectivity index (χ3n) is 5.80. The monoisotopic (exact) mass is 572 g/mol. The van der Waals surface area contributed by atoms with Gasteiger partial charge in [-0.3, -0.25) is 0 Å². The number of fused-ring (bicyclic) bond motifs is 3. The van der Waals surface area contributed by atoms with E-state index in [1.807, 2.05) is 22.7 Å². The van der Waals surface area contributed by atoms with E-state index in [9.17, 15) is 0 Å². The number of rotatable bonds is 4. The molecule has 0 saturated carbocycles. The van der Waals surface area contributed by atoms with E-state index in [4.69, 9.17) is 8.75 Å². The number of nitrogens with zero attached hydrogens (tertiary/aromatic N) is 2. The number of thiophene rings is 4. The number of hydrogen-bond acceptors (Lipinski definition) is 7. The van der Waals surface area contributed by atoms with Gasteiger partial charge in [-0.25, -0.2) is 0 Å². The van der Waals surface area contributed by atoms with Gasteiger partial charge in [0.1, 0.15) is 11.0 Å². The van der Waals surface area contributed by atoms with Gasteiger partial charge in [-0.2, -0.15) is 8.75 Å². The van der Waals surface area contributed by atoms with Crippen LogP contribution in [0.15, 0.2) is 36.4 Å². The van der Waals surface area contributed by atoms with Gasteiger partial charge in [0.15, 0.2) is 0 Å². The largest absolute Gasteiger partial charge is 0.172 e. The van der Waals surface area contributed by atoms with Gasteiger partial charge in [-0.15, -0.1) is 45.3 Å². The Morgan fingerprint density at radius 2 is 1.05 bits per heavy atom. The zero-order chi connectivity index (χ0) is 25.5. The normalized spacial score (nSPS) is 11.5. The Morgan fingerprint density at radius 3 is 1.46 bits per heavy atom. The van der Waals surface area contributed by atoms with Gasteiger partial charge in [0.2, 0.25) is 0 Å². The number of benzene rings is 1. The van der Waals surface area contributed by atoms with Crippen molar-refractivity contribution in [1.82, 2.24) is 8.75 Å². The first kappa shape index (κ1) is 24.8. The SMILES string of the molecule is CC(C)CC#Cc1cc2sc(-c3ccc(-c4cc5sc(C#CCC(C)C)cc5s4)c4nsnc34)cc2s1. The van der Waals surface area contributed by atoms with E-state index in [2.05, 4.69) is 87.8 Å². The predicted molar refractivity (Wildman–Crippen MR) is 167 cm³/mol. The zero-order valence-electron chi connectivity index (χ0n) is 21.0. The molecule has 0 atom stereocenters. The number of hydrogen-bond donors (Lipinski definition) is 0. The molecule has 0 radical (unpaired) electrons. The van der Waals surface area contributed by atoms with Crippen LogP contribution in [0.4, 0.5) is 0 Å². The van der Waals surface area contributed by atoms with Gasteiger partial charge in [-0.05, 0) is 36.1 Å². The van der Waals surface area contributed by atoms with Crippen LogP contribution in [-0.4, -0.2) is 8.75 Å². The van der Waals surface area contributed by atoms with E-state index in [0.717, 1.165) is 44.8 Å². The minimum absolute atomic E-state index is 0.606. The summed E-state index contributed by atoms with van der Waals surface area (Å²) in [5, 5.41) is 0. The van der Waals surface area contributed by atoms with Gasteiger partial charge in [-0.1, -0.05) is 63.5 Å². The van der Waals surface area contributed by atoms with Gasteiger partial charge in [0.05, 0.1) is 21.5 Å². The maximum Gasteiger partial charge on any atom is 0.114 e. The lowest BCUT2D eigenvalue weighted by molar-refractivity contribution is 0.676. The highest BCUT2D eigenvalue weighted by atomic mass is 32.1. The summed E-state index contributed by atoms with van der Waals surface area (Å²) >= 11 is 8.49. The molecule has 0 N–H and O–H groups in total. The van der Waals surface area contributed by atoms with E-state index in [0.29, 0.717) is 11.8 Å². The summed E-state index contributed by atoms with van der Waals surface area (Å²) < 4.78 is 14.6. The highest BCUT2D eigenvalue weighted by molar-refractivity contribution is 7.30. The third-order valence-corrected chi connectivity index (χ3v) is 10.8. The fraction of sp³-hybridized carbons (Fsp3) is 0.267. The topological polar surface area (TPSA) is 25.8 Å². The molecule has 0 fully saturated rings. The minimum atomic E-state index is 0.606. The van der Waals surface area contributed by atoms with E-state index < -0.39 is 0 Å². The van der Waals surface area contributed by atoms with Crippen molar-refractivity contribution < 1.29 is 0 Å². The second-order valence-electron chi connectivity index (χ2n) is 9.82. The first-order chi connectivity index (χ1) is 17.9. The number of aromatic nitrogens is 2. The second-order valence-corrected chi connectivity index (χ2v) is 14.7. The van der Waals surface area contributed by atoms with Crippen molar-refractivity contribution in [3.05, 3.63) is 46.2 Å². The molecule has 0 spiro atoms. The van der Waals surface area contributed by atoms with Crippen molar-refractivity contribution in [1.29, 1.82) is 0 Å². The lowest BCUT2D eigenvalue weighted by Gasteiger charge is -2.03. The Kier molecular flexibility index (Phi) is 6.92. The first-order valence-electron chi connectivity index (χ1n) is 12.2. The summed E-state index contributed by atoms with van der Waals surface area (Å²) in [4.78, 5) is 4.78. The molecule has 5 aromatic heterocycles. The summed E-state index contributed by atoms with van der Waals surface area (Å²) in [7, 11) is 0. The molecule has 0 bridgehead atoms. The summed E-state index contributed by atoms with van der Waals surface area (Å²) in [6.07, 6.45) is 1.88. The van der Waals surface area contributed by atoms with Crippen LogP contribution >= 0.6 is 57.1 Å². The highest BCUT2D eigenvalue weighted by Crippen LogP contribution is 2.44. The summed E-state index contributed by atoms with van der Waals surface area (Å²) in [5.41, 5.74) is 4.31. The molecule has 37 heavy (non-hydrogen) atoms. The Hall–Kier alpha value is -2.52. The molecular formula is C30H24N2S5. The third kappa shape index (κ3) is 5.12. The molecule has 0 unspecified atom stereocenters. The summed E-state index contributed by atoms with van der Waals surface area (Å²) in [6, 6.07) is 13.5. The molecule has 6 rings (SSSR count). The lowest BCUT2D eigenvalue weighted by Crippen LogP contribution is -1.82. The molecule has 0 aliphatic rings. The average Bonchev–Trinajstić information content (AvgIpc) is 3.63. The smallest absolute Gasteiger partial charge is 0.114 e. The van der Waals surface area contributed by atoms with Crippen molar-refractivity contribution in [2.75, 3.05) is 0 Å². The van der Waals surface area contributed by atoms with Crippen LogP contribution in [-0.2, 0) is 0 Å². The molecule has 1 aromatic carbocycles. The molecule has 0 aliphatic heterocycles. The molecule has 7 heteroatoms. The van der Waals surface area contributed by atoms with Crippen LogP contribution in [0.5, 0.6) is 0 Å². The van der Waals surface area contributed by atoms with Crippen LogP contribution < -0.4 is 0 Å². The standard InChI is InChI=1S/C30H24N2S5/c1-17(2)7-5-9-19-13-25-27(33-19)15-23(35-25)21-11-12-22(30-29(21)31-37-32-30)24-16-28-26(36-24)14-20(34-28)10-6-8-18(3)4/h11-18H,7-8H2,1-4H3. The Morgan fingerprint density at radius 1 is 0.622 bits per heavy atom. The Bertz CT molecular complexity index is 1670. The highest BCUT2D eigenvalue weighted by Gasteiger charge is 2.18. The van der Waals surface area contributed by atoms with Crippen LogP contribution in [0.1, 0.15) is 50.3 Å². The van der Waals surface area contributed by atoms with Crippen molar-refractivity contribution in [2.24, 2.45) is 11.8 Å². The summed E-state index contributed by atoms with van der Waals surface area (Å²) in [6.45, 7) is 8.82. The zero-order valence-corrected chi connectivity index (χ0v) is 25.1. The molecule has 184 valence electrons.